The third-order valence-corrected chi connectivity index (χ3v) is 3.20. The van der Waals surface area contributed by atoms with Gasteiger partial charge in [-0.1, -0.05) is 0 Å². The van der Waals surface area contributed by atoms with Gasteiger partial charge in [0.2, 0.25) is 17.7 Å². The second-order valence-electron chi connectivity index (χ2n) is 4.51. The van der Waals surface area contributed by atoms with Crippen molar-refractivity contribution >= 4 is 17.7 Å². The first-order chi connectivity index (χ1) is 8.66. The zero-order chi connectivity index (χ0) is 13.0. The molecule has 2 saturated heterocycles. The molecule has 0 saturated carbocycles. The normalized spacial score (nSPS) is 23.7. The van der Waals surface area contributed by atoms with Crippen LogP contribution in [0.5, 0.6) is 0 Å². The lowest BCUT2D eigenvalue weighted by atomic mass is 10.2. The SMILES string of the molecule is O=C1CC[C@@H](C(=O)NCC(=O)N2CCNCC2)N1. The van der Waals surface area contributed by atoms with Crippen LogP contribution >= 0.6 is 0 Å². The Kier molecular flexibility index (Phi) is 4.14. The number of nitrogens with zero attached hydrogens (tertiary/aromatic N) is 1. The molecule has 0 aromatic carbocycles. The molecular weight excluding hydrogens is 236 g/mol. The highest BCUT2D eigenvalue weighted by Gasteiger charge is 2.27. The minimum absolute atomic E-state index is 0.00516. The second-order valence-corrected chi connectivity index (χ2v) is 4.51. The number of carbonyl (C=O) groups excluding carboxylic acids is 3. The minimum Gasteiger partial charge on any atom is -0.345 e. The molecule has 2 rings (SSSR count). The van der Waals surface area contributed by atoms with Gasteiger partial charge >= 0.3 is 0 Å². The van der Waals surface area contributed by atoms with Gasteiger partial charge < -0.3 is 20.9 Å². The molecule has 7 heteroatoms. The predicted octanol–water partition coefficient (Wildman–Crippen LogP) is -2.19. The molecule has 7 nitrogen and oxygen atoms in total. The molecule has 0 unspecified atom stereocenters. The van der Waals surface area contributed by atoms with E-state index in [0.717, 1.165) is 13.1 Å². The average molecular weight is 254 g/mol. The van der Waals surface area contributed by atoms with Gasteiger partial charge in [-0.05, 0) is 6.42 Å². The molecular formula is C11H18N4O3. The van der Waals surface area contributed by atoms with E-state index in [1.54, 1.807) is 4.90 Å². The van der Waals surface area contributed by atoms with Crippen LogP contribution in [0.2, 0.25) is 0 Å². The van der Waals surface area contributed by atoms with Crippen molar-refractivity contribution in [1.82, 2.24) is 20.9 Å². The van der Waals surface area contributed by atoms with E-state index in [-0.39, 0.29) is 24.3 Å². The highest BCUT2D eigenvalue weighted by atomic mass is 16.2. The Balaban J connectivity index is 1.71. The summed E-state index contributed by atoms with van der Waals surface area (Å²) in [5, 5.41) is 8.30. The third-order valence-electron chi connectivity index (χ3n) is 3.20. The number of amides is 3. The summed E-state index contributed by atoms with van der Waals surface area (Å²) in [5.74, 6) is -0.456. The van der Waals surface area contributed by atoms with E-state index in [4.69, 9.17) is 0 Å². The Morgan fingerprint density at radius 1 is 1.33 bits per heavy atom. The fourth-order valence-corrected chi connectivity index (χ4v) is 2.12. The van der Waals surface area contributed by atoms with E-state index in [2.05, 4.69) is 16.0 Å². The Morgan fingerprint density at radius 2 is 2.06 bits per heavy atom. The Hall–Kier alpha value is -1.63. The Bertz CT molecular complexity index is 352. The zero-order valence-corrected chi connectivity index (χ0v) is 10.2. The van der Waals surface area contributed by atoms with Crippen molar-refractivity contribution in [1.29, 1.82) is 0 Å². The molecule has 0 spiro atoms. The summed E-state index contributed by atoms with van der Waals surface area (Å²) < 4.78 is 0. The van der Waals surface area contributed by atoms with Crippen molar-refractivity contribution in [2.75, 3.05) is 32.7 Å². The lowest BCUT2D eigenvalue weighted by Gasteiger charge is -2.27. The van der Waals surface area contributed by atoms with Crippen LogP contribution in [0.15, 0.2) is 0 Å². The number of piperazine rings is 1. The highest BCUT2D eigenvalue weighted by molar-refractivity contribution is 5.92. The van der Waals surface area contributed by atoms with Gasteiger partial charge in [-0.15, -0.1) is 0 Å². The average Bonchev–Trinajstić information content (AvgIpc) is 2.83. The van der Waals surface area contributed by atoms with Crippen LogP contribution in [0.4, 0.5) is 0 Å². The van der Waals surface area contributed by atoms with Gasteiger partial charge in [0.15, 0.2) is 0 Å². The van der Waals surface area contributed by atoms with Crippen molar-refractivity contribution in [3.8, 4) is 0 Å². The molecule has 3 N–H and O–H groups in total. The number of hydrogen-bond donors (Lipinski definition) is 3. The lowest BCUT2D eigenvalue weighted by Crippen LogP contribution is -2.51. The summed E-state index contributed by atoms with van der Waals surface area (Å²) in [6, 6.07) is -0.478. The van der Waals surface area contributed by atoms with Gasteiger partial charge in [0.1, 0.15) is 6.04 Å². The van der Waals surface area contributed by atoms with E-state index in [0.29, 0.717) is 25.9 Å². The van der Waals surface area contributed by atoms with Crippen LogP contribution < -0.4 is 16.0 Å². The van der Waals surface area contributed by atoms with Crippen LogP contribution in [0.25, 0.3) is 0 Å². The predicted molar refractivity (Wildman–Crippen MR) is 63.6 cm³/mol. The van der Waals surface area contributed by atoms with Crippen molar-refractivity contribution in [2.24, 2.45) is 0 Å². The first-order valence-corrected chi connectivity index (χ1v) is 6.22. The molecule has 18 heavy (non-hydrogen) atoms. The van der Waals surface area contributed by atoms with Crippen molar-refractivity contribution in [2.45, 2.75) is 18.9 Å². The molecule has 0 aliphatic carbocycles. The maximum atomic E-state index is 11.8. The fraction of sp³-hybridized carbons (Fsp3) is 0.727. The van der Waals surface area contributed by atoms with E-state index in [1.807, 2.05) is 0 Å². The summed E-state index contributed by atoms with van der Waals surface area (Å²) in [6.07, 6.45) is 0.885. The van der Waals surface area contributed by atoms with Crippen LogP contribution in [0.3, 0.4) is 0 Å². The molecule has 1 atom stereocenters. The summed E-state index contributed by atoms with van der Waals surface area (Å²) in [7, 11) is 0. The van der Waals surface area contributed by atoms with Gasteiger partial charge in [0.05, 0.1) is 6.54 Å². The van der Waals surface area contributed by atoms with E-state index >= 15 is 0 Å². The minimum atomic E-state index is -0.478. The Labute approximate surface area is 105 Å². The lowest BCUT2D eigenvalue weighted by molar-refractivity contribution is -0.133. The van der Waals surface area contributed by atoms with Gasteiger partial charge in [0, 0.05) is 32.6 Å². The van der Waals surface area contributed by atoms with E-state index in [9.17, 15) is 14.4 Å². The number of nitrogens with one attached hydrogen (secondary N) is 3. The standard InChI is InChI=1S/C11H18N4O3/c16-9-2-1-8(14-9)11(18)13-7-10(17)15-5-3-12-4-6-15/h8,12H,1-7H2,(H,13,18)(H,14,16)/t8-/m0/s1. The quantitative estimate of drug-likeness (QED) is 0.534. The highest BCUT2D eigenvalue weighted by Crippen LogP contribution is 2.06. The van der Waals surface area contributed by atoms with Crippen LogP contribution in [-0.2, 0) is 14.4 Å². The maximum absolute atomic E-state index is 11.8. The van der Waals surface area contributed by atoms with Crippen molar-refractivity contribution in [3.05, 3.63) is 0 Å². The third kappa shape index (κ3) is 3.19. The zero-order valence-electron chi connectivity index (χ0n) is 10.2. The summed E-state index contributed by atoms with van der Waals surface area (Å²) in [6.45, 7) is 2.94. The fourth-order valence-electron chi connectivity index (χ4n) is 2.12. The topological polar surface area (TPSA) is 90.5 Å². The number of hydrogen-bond acceptors (Lipinski definition) is 4. The molecule has 3 amide bonds. The molecule has 2 aliphatic heterocycles. The monoisotopic (exact) mass is 254 g/mol. The first kappa shape index (κ1) is 12.8. The molecule has 0 aromatic rings. The molecule has 100 valence electrons. The molecule has 2 fully saturated rings. The van der Waals surface area contributed by atoms with Gasteiger partial charge in [-0.3, -0.25) is 14.4 Å². The van der Waals surface area contributed by atoms with Crippen molar-refractivity contribution < 1.29 is 14.4 Å². The van der Waals surface area contributed by atoms with E-state index < -0.39 is 6.04 Å². The summed E-state index contributed by atoms with van der Waals surface area (Å²) >= 11 is 0. The molecule has 0 bridgehead atoms. The number of carbonyl (C=O) groups is 3. The smallest absolute Gasteiger partial charge is 0.243 e. The van der Waals surface area contributed by atoms with Crippen LogP contribution in [0.1, 0.15) is 12.8 Å². The van der Waals surface area contributed by atoms with E-state index in [1.165, 1.54) is 0 Å². The van der Waals surface area contributed by atoms with Gasteiger partial charge in [-0.2, -0.15) is 0 Å². The van der Waals surface area contributed by atoms with Crippen LogP contribution in [-0.4, -0.2) is 61.4 Å². The second kappa shape index (κ2) is 5.81. The maximum Gasteiger partial charge on any atom is 0.243 e. The molecule has 0 radical (unpaired) electrons. The number of rotatable bonds is 3. The molecule has 0 aromatic heterocycles. The van der Waals surface area contributed by atoms with Crippen LogP contribution in [0, 0.1) is 0 Å². The Morgan fingerprint density at radius 3 is 2.67 bits per heavy atom. The first-order valence-electron chi connectivity index (χ1n) is 6.22. The summed E-state index contributed by atoms with van der Waals surface area (Å²) in [5.41, 5.74) is 0. The van der Waals surface area contributed by atoms with Crippen molar-refractivity contribution in [3.63, 3.8) is 0 Å². The van der Waals surface area contributed by atoms with Gasteiger partial charge in [0.25, 0.3) is 0 Å². The van der Waals surface area contributed by atoms with Gasteiger partial charge in [-0.25, -0.2) is 0 Å². The largest absolute Gasteiger partial charge is 0.345 e. The molecule has 2 heterocycles. The molecule has 2 aliphatic rings. The summed E-state index contributed by atoms with van der Waals surface area (Å²) in [4.78, 5) is 36.1.